The van der Waals surface area contributed by atoms with Gasteiger partial charge in [0.05, 0.1) is 29.9 Å². The fourth-order valence-corrected chi connectivity index (χ4v) is 4.54. The van der Waals surface area contributed by atoms with Crippen LogP contribution in [0.1, 0.15) is 21.9 Å². The van der Waals surface area contributed by atoms with Crippen LogP contribution in [0.3, 0.4) is 0 Å². The maximum atomic E-state index is 12.8. The van der Waals surface area contributed by atoms with Crippen molar-refractivity contribution in [1.29, 1.82) is 0 Å². The predicted octanol–water partition coefficient (Wildman–Crippen LogP) is 3.87. The smallest absolute Gasteiger partial charge is 0.257 e. The Morgan fingerprint density at radius 3 is 2.74 bits per heavy atom. The number of carbonyl (C=O) groups is 1. The topological polar surface area (TPSA) is 72.3 Å². The van der Waals surface area contributed by atoms with Crippen molar-refractivity contribution in [3.63, 3.8) is 0 Å². The quantitative estimate of drug-likeness (QED) is 0.517. The van der Waals surface area contributed by atoms with Crippen LogP contribution in [0.15, 0.2) is 53.9 Å². The van der Waals surface area contributed by atoms with Gasteiger partial charge in [0.15, 0.2) is 5.13 Å². The molecule has 2 aromatic heterocycles. The molecule has 2 aromatic carbocycles. The summed E-state index contributed by atoms with van der Waals surface area (Å²) in [4.78, 5) is 24.4. The van der Waals surface area contributed by atoms with Gasteiger partial charge in [-0.2, -0.15) is 0 Å². The number of carbonyl (C=O) groups excluding carboxylic acids is 1. The van der Waals surface area contributed by atoms with E-state index in [1.807, 2.05) is 60.8 Å². The number of hydrogen-bond acceptors (Lipinski definition) is 6. The lowest BCUT2D eigenvalue weighted by molar-refractivity contribution is 0.0337. The van der Waals surface area contributed by atoms with E-state index in [2.05, 4.69) is 24.8 Å². The molecule has 5 rings (SSSR count). The molecule has 31 heavy (non-hydrogen) atoms. The highest BCUT2D eigenvalue weighted by Crippen LogP contribution is 2.23. The van der Waals surface area contributed by atoms with Gasteiger partial charge in [-0.1, -0.05) is 18.2 Å². The second-order valence-corrected chi connectivity index (χ2v) is 8.38. The van der Waals surface area contributed by atoms with Crippen molar-refractivity contribution >= 4 is 33.4 Å². The third-order valence-corrected chi connectivity index (χ3v) is 6.17. The molecule has 1 saturated heterocycles. The van der Waals surface area contributed by atoms with Gasteiger partial charge in [-0.25, -0.2) is 9.97 Å². The number of hydrogen-bond donors (Lipinski definition) is 1. The standard InChI is InChI=1S/C23H23N5O2S/c1-16-24-20-13-17(7-8-21(20)28(16)19-5-3-2-4-6-19)22(29)26-23-25-18(15-31-23)14-27-9-11-30-12-10-27/h2-8,13,15H,9-12,14H2,1H3,(H,25,26,29). The van der Waals surface area contributed by atoms with E-state index < -0.39 is 0 Å². The number of aromatic nitrogens is 3. The number of thiazole rings is 1. The lowest BCUT2D eigenvalue weighted by Crippen LogP contribution is -2.35. The molecule has 0 atom stereocenters. The number of aryl methyl sites for hydroxylation is 1. The largest absolute Gasteiger partial charge is 0.379 e. The molecule has 0 bridgehead atoms. The molecule has 0 saturated carbocycles. The molecule has 8 heteroatoms. The Kier molecular flexibility index (Phi) is 5.50. The molecular formula is C23H23N5O2S. The minimum absolute atomic E-state index is 0.180. The fraction of sp³-hybridized carbons (Fsp3) is 0.261. The number of rotatable bonds is 5. The summed E-state index contributed by atoms with van der Waals surface area (Å²) in [6.45, 7) is 6.09. The average Bonchev–Trinajstić information content (AvgIpc) is 3.37. The highest BCUT2D eigenvalue weighted by molar-refractivity contribution is 7.14. The van der Waals surface area contributed by atoms with Crippen molar-refractivity contribution in [2.24, 2.45) is 0 Å². The van der Waals surface area contributed by atoms with Gasteiger partial charge < -0.3 is 4.74 Å². The summed E-state index contributed by atoms with van der Waals surface area (Å²) in [6.07, 6.45) is 0. The van der Waals surface area contributed by atoms with E-state index >= 15 is 0 Å². The fourth-order valence-electron chi connectivity index (χ4n) is 3.84. The maximum Gasteiger partial charge on any atom is 0.257 e. The van der Waals surface area contributed by atoms with E-state index in [0.29, 0.717) is 10.7 Å². The summed E-state index contributed by atoms with van der Waals surface area (Å²) >= 11 is 1.45. The Morgan fingerprint density at radius 1 is 1.13 bits per heavy atom. The molecule has 3 heterocycles. The molecule has 4 aromatic rings. The van der Waals surface area contributed by atoms with Crippen molar-refractivity contribution in [2.45, 2.75) is 13.5 Å². The van der Waals surface area contributed by atoms with Crippen molar-refractivity contribution < 1.29 is 9.53 Å². The summed E-state index contributed by atoms with van der Waals surface area (Å²) in [5, 5.41) is 5.53. The Balaban J connectivity index is 1.32. The van der Waals surface area contributed by atoms with Gasteiger partial charge in [-0.15, -0.1) is 11.3 Å². The second-order valence-electron chi connectivity index (χ2n) is 7.52. The van der Waals surface area contributed by atoms with Crippen molar-refractivity contribution in [1.82, 2.24) is 19.4 Å². The Morgan fingerprint density at radius 2 is 1.94 bits per heavy atom. The molecule has 7 nitrogen and oxygen atoms in total. The average molecular weight is 434 g/mol. The molecule has 158 valence electrons. The van der Waals surface area contributed by atoms with Gasteiger partial charge in [0, 0.05) is 36.3 Å². The second kappa shape index (κ2) is 8.58. The normalized spacial score (nSPS) is 14.7. The van der Waals surface area contributed by atoms with Crippen LogP contribution in [-0.4, -0.2) is 51.6 Å². The predicted molar refractivity (Wildman–Crippen MR) is 122 cm³/mol. The van der Waals surface area contributed by atoms with E-state index in [9.17, 15) is 4.79 Å². The first-order chi connectivity index (χ1) is 15.2. The monoisotopic (exact) mass is 433 g/mol. The Hall–Kier alpha value is -3.07. The van der Waals surface area contributed by atoms with Gasteiger partial charge in [-0.3, -0.25) is 19.6 Å². The van der Waals surface area contributed by atoms with Crippen LogP contribution in [0, 0.1) is 6.92 Å². The van der Waals surface area contributed by atoms with Crippen molar-refractivity contribution in [2.75, 3.05) is 31.6 Å². The van der Waals surface area contributed by atoms with Crippen LogP contribution in [0.4, 0.5) is 5.13 Å². The van der Waals surface area contributed by atoms with Gasteiger partial charge in [0.1, 0.15) is 5.82 Å². The van der Waals surface area contributed by atoms with Gasteiger partial charge >= 0.3 is 0 Å². The number of benzene rings is 2. The maximum absolute atomic E-state index is 12.8. The molecule has 1 aliphatic heterocycles. The number of imidazole rings is 1. The van der Waals surface area contributed by atoms with Crippen LogP contribution >= 0.6 is 11.3 Å². The Bertz CT molecular complexity index is 1210. The summed E-state index contributed by atoms with van der Waals surface area (Å²) < 4.78 is 7.48. The molecule has 0 spiro atoms. The van der Waals surface area contributed by atoms with Crippen LogP contribution in [0.5, 0.6) is 0 Å². The summed E-state index contributed by atoms with van der Waals surface area (Å²) in [6, 6.07) is 15.7. The summed E-state index contributed by atoms with van der Waals surface area (Å²) in [5.74, 6) is 0.701. The van der Waals surface area contributed by atoms with Gasteiger partial charge in [0.2, 0.25) is 0 Å². The zero-order valence-corrected chi connectivity index (χ0v) is 18.1. The van der Waals surface area contributed by atoms with Crippen molar-refractivity contribution in [3.8, 4) is 5.69 Å². The molecule has 1 fully saturated rings. The van der Waals surface area contributed by atoms with Crippen LogP contribution < -0.4 is 5.32 Å². The molecule has 0 aliphatic carbocycles. The van der Waals surface area contributed by atoms with E-state index in [1.54, 1.807) is 0 Å². The van der Waals surface area contributed by atoms with E-state index in [-0.39, 0.29) is 5.91 Å². The van der Waals surface area contributed by atoms with Crippen LogP contribution in [-0.2, 0) is 11.3 Å². The zero-order valence-electron chi connectivity index (χ0n) is 17.2. The number of ether oxygens (including phenoxy) is 1. The van der Waals surface area contributed by atoms with E-state index in [0.717, 1.165) is 61.1 Å². The first-order valence-electron chi connectivity index (χ1n) is 10.3. The van der Waals surface area contributed by atoms with Gasteiger partial charge in [0.25, 0.3) is 5.91 Å². The zero-order chi connectivity index (χ0) is 21.2. The van der Waals surface area contributed by atoms with Gasteiger partial charge in [-0.05, 0) is 37.3 Å². The Labute approximate surface area is 184 Å². The SMILES string of the molecule is Cc1nc2cc(C(=O)Nc3nc(CN4CCOCC4)cs3)ccc2n1-c1ccccc1. The number of anilines is 1. The highest BCUT2D eigenvalue weighted by Gasteiger charge is 2.16. The molecular weight excluding hydrogens is 410 g/mol. The number of para-hydroxylation sites is 1. The minimum Gasteiger partial charge on any atom is -0.379 e. The number of nitrogens with zero attached hydrogens (tertiary/aromatic N) is 4. The van der Waals surface area contributed by atoms with E-state index in [1.165, 1.54) is 11.3 Å². The summed E-state index contributed by atoms with van der Waals surface area (Å²) in [7, 11) is 0. The lowest BCUT2D eigenvalue weighted by Gasteiger charge is -2.25. The number of fused-ring (bicyclic) bond motifs is 1. The molecule has 1 aliphatic rings. The molecule has 1 amide bonds. The third kappa shape index (κ3) is 4.23. The first kappa shape index (κ1) is 19.9. The number of nitrogens with one attached hydrogen (secondary N) is 1. The molecule has 1 N–H and O–H groups in total. The molecule has 0 unspecified atom stereocenters. The number of morpholine rings is 1. The number of amides is 1. The third-order valence-electron chi connectivity index (χ3n) is 5.36. The first-order valence-corrected chi connectivity index (χ1v) is 11.2. The van der Waals surface area contributed by atoms with Crippen molar-refractivity contribution in [3.05, 3.63) is 71.0 Å². The van der Waals surface area contributed by atoms with Crippen LogP contribution in [0.25, 0.3) is 16.7 Å². The van der Waals surface area contributed by atoms with Crippen LogP contribution in [0.2, 0.25) is 0 Å². The summed E-state index contributed by atoms with van der Waals surface area (Å²) in [5.41, 5.74) is 4.35. The lowest BCUT2D eigenvalue weighted by atomic mass is 10.2. The highest BCUT2D eigenvalue weighted by atomic mass is 32.1. The molecule has 0 radical (unpaired) electrons. The minimum atomic E-state index is -0.180. The van der Waals surface area contributed by atoms with E-state index in [4.69, 9.17) is 4.74 Å².